The Bertz CT molecular complexity index is 651. The third-order valence-electron chi connectivity index (χ3n) is 6.61. The maximum absolute atomic E-state index is 12.8. The van der Waals surface area contributed by atoms with Crippen LogP contribution in [0.25, 0.3) is 0 Å². The van der Waals surface area contributed by atoms with E-state index in [1.165, 1.54) is 44.9 Å². The monoisotopic (exact) mass is 411 g/mol. The number of carbonyl (C=O) groups is 1. The molecule has 3 rings (SSSR count). The van der Waals surface area contributed by atoms with E-state index in [0.29, 0.717) is 24.9 Å². The molecule has 2 atom stereocenters. The van der Waals surface area contributed by atoms with Gasteiger partial charge < -0.3 is 5.11 Å². The number of benzene rings is 1. The molecule has 6 heteroatoms. The van der Waals surface area contributed by atoms with E-state index in [0.717, 1.165) is 30.7 Å². The number of piperidine rings is 1. The molecule has 2 aliphatic rings. The van der Waals surface area contributed by atoms with Crippen LogP contribution in [0.4, 0.5) is 13.2 Å². The van der Waals surface area contributed by atoms with Crippen molar-refractivity contribution in [3.05, 3.63) is 35.4 Å². The van der Waals surface area contributed by atoms with Gasteiger partial charge in [0.25, 0.3) is 0 Å². The molecule has 1 saturated carbocycles. The van der Waals surface area contributed by atoms with Crippen LogP contribution in [-0.2, 0) is 17.5 Å². The standard InChI is InChI=1S/C23H32F3NO2/c24-23(25,26)21-10-8-17(9-11-21)14-27-15-18(13-22(28)29)12-20(16-27)19-6-4-2-1-3-5-7-19/h8-11,18-20H,1-7,12-16H2,(H,28,29)/t18-,20-/m0/s1. The van der Waals surface area contributed by atoms with Crippen LogP contribution in [0.15, 0.2) is 24.3 Å². The van der Waals surface area contributed by atoms with E-state index in [1.54, 1.807) is 12.1 Å². The van der Waals surface area contributed by atoms with Crippen LogP contribution in [0.1, 0.15) is 68.9 Å². The number of likely N-dealkylation sites (tertiary alicyclic amines) is 1. The van der Waals surface area contributed by atoms with Gasteiger partial charge in [-0.15, -0.1) is 0 Å². The van der Waals surface area contributed by atoms with E-state index < -0.39 is 17.7 Å². The van der Waals surface area contributed by atoms with Crippen LogP contribution < -0.4 is 0 Å². The zero-order chi connectivity index (χ0) is 20.9. The van der Waals surface area contributed by atoms with Crippen molar-refractivity contribution >= 4 is 5.97 Å². The molecule has 3 nitrogen and oxygen atoms in total. The lowest BCUT2D eigenvalue weighted by molar-refractivity contribution is -0.139. The highest BCUT2D eigenvalue weighted by Gasteiger charge is 2.33. The van der Waals surface area contributed by atoms with Gasteiger partial charge in [0.1, 0.15) is 0 Å². The number of nitrogens with zero attached hydrogens (tertiary/aromatic N) is 1. The highest BCUT2D eigenvalue weighted by atomic mass is 19.4. The largest absolute Gasteiger partial charge is 0.481 e. The molecule has 1 aliphatic heterocycles. The van der Waals surface area contributed by atoms with Crippen molar-refractivity contribution < 1.29 is 23.1 Å². The molecular weight excluding hydrogens is 379 g/mol. The van der Waals surface area contributed by atoms with Crippen molar-refractivity contribution in [3.8, 4) is 0 Å². The van der Waals surface area contributed by atoms with Gasteiger partial charge in [-0.25, -0.2) is 0 Å². The molecule has 1 aromatic carbocycles. The number of aliphatic carboxylic acids is 1. The van der Waals surface area contributed by atoms with E-state index in [-0.39, 0.29) is 12.3 Å². The van der Waals surface area contributed by atoms with E-state index in [2.05, 4.69) is 4.90 Å². The SMILES string of the molecule is O=C(O)C[C@@H]1C[C@H](C2CCCCCCC2)CN(Cc2ccc(C(F)(F)F)cc2)C1. The molecule has 1 saturated heterocycles. The summed E-state index contributed by atoms with van der Waals surface area (Å²) in [6.07, 6.45) is 5.66. The van der Waals surface area contributed by atoms with Gasteiger partial charge in [-0.2, -0.15) is 13.2 Å². The molecule has 1 aromatic rings. The number of rotatable bonds is 5. The third kappa shape index (κ3) is 6.73. The molecule has 0 amide bonds. The molecule has 0 radical (unpaired) electrons. The fourth-order valence-corrected chi connectivity index (χ4v) is 5.23. The summed E-state index contributed by atoms with van der Waals surface area (Å²) in [4.78, 5) is 13.6. The fourth-order valence-electron chi connectivity index (χ4n) is 5.23. The maximum atomic E-state index is 12.8. The Labute approximate surface area is 171 Å². The molecule has 1 N–H and O–H groups in total. The molecule has 2 fully saturated rings. The van der Waals surface area contributed by atoms with Gasteiger partial charge in [-0.3, -0.25) is 9.69 Å². The molecule has 0 bridgehead atoms. The first kappa shape index (κ1) is 22.1. The first-order chi connectivity index (χ1) is 13.8. The lowest BCUT2D eigenvalue weighted by atomic mass is 9.74. The van der Waals surface area contributed by atoms with E-state index in [4.69, 9.17) is 0 Å². The number of hydrogen-bond acceptors (Lipinski definition) is 2. The summed E-state index contributed by atoms with van der Waals surface area (Å²) in [5.74, 6) is 0.483. The molecule has 29 heavy (non-hydrogen) atoms. The lowest BCUT2D eigenvalue weighted by Crippen LogP contribution is -2.43. The Morgan fingerprint density at radius 3 is 2.17 bits per heavy atom. The molecule has 162 valence electrons. The van der Waals surface area contributed by atoms with E-state index >= 15 is 0 Å². The maximum Gasteiger partial charge on any atom is 0.416 e. The van der Waals surface area contributed by atoms with E-state index in [1.807, 2.05) is 0 Å². The molecule has 0 spiro atoms. The smallest absolute Gasteiger partial charge is 0.416 e. The fraction of sp³-hybridized carbons (Fsp3) is 0.696. The van der Waals surface area contributed by atoms with E-state index in [9.17, 15) is 23.1 Å². The number of carboxylic acids is 1. The summed E-state index contributed by atoms with van der Waals surface area (Å²) in [6, 6.07) is 5.38. The molecule has 1 aliphatic carbocycles. The molecule has 0 aromatic heterocycles. The Hall–Kier alpha value is -1.56. The van der Waals surface area contributed by atoms with Crippen LogP contribution in [0, 0.1) is 17.8 Å². The molecule has 1 heterocycles. The van der Waals surface area contributed by atoms with Crippen molar-refractivity contribution in [1.29, 1.82) is 0 Å². The minimum absolute atomic E-state index is 0.117. The summed E-state index contributed by atoms with van der Waals surface area (Å²) in [5, 5.41) is 9.30. The van der Waals surface area contributed by atoms with Gasteiger partial charge in [-0.05, 0) is 41.9 Å². The summed E-state index contributed by atoms with van der Waals surface area (Å²) in [6.45, 7) is 2.20. The average molecular weight is 412 g/mol. The predicted octanol–water partition coefficient (Wildman–Crippen LogP) is 5.98. The van der Waals surface area contributed by atoms with Gasteiger partial charge in [0, 0.05) is 26.1 Å². The second kappa shape index (κ2) is 9.96. The zero-order valence-corrected chi connectivity index (χ0v) is 17.0. The topological polar surface area (TPSA) is 40.5 Å². The van der Waals surface area contributed by atoms with Crippen LogP contribution >= 0.6 is 0 Å². The minimum Gasteiger partial charge on any atom is -0.481 e. The molecule has 0 unspecified atom stereocenters. The van der Waals surface area contributed by atoms with Gasteiger partial charge >= 0.3 is 12.1 Å². The Morgan fingerprint density at radius 1 is 0.966 bits per heavy atom. The van der Waals surface area contributed by atoms with Gasteiger partial charge in [0.2, 0.25) is 0 Å². The van der Waals surface area contributed by atoms with Crippen LogP contribution in [0.2, 0.25) is 0 Å². The first-order valence-corrected chi connectivity index (χ1v) is 10.9. The van der Waals surface area contributed by atoms with Gasteiger partial charge in [-0.1, -0.05) is 57.1 Å². The van der Waals surface area contributed by atoms with Gasteiger partial charge in [0.15, 0.2) is 0 Å². The highest BCUT2D eigenvalue weighted by Crippen LogP contribution is 2.37. The Balaban J connectivity index is 1.68. The summed E-state index contributed by atoms with van der Waals surface area (Å²) in [5.41, 5.74) is 0.224. The third-order valence-corrected chi connectivity index (χ3v) is 6.61. The quantitative estimate of drug-likeness (QED) is 0.648. The summed E-state index contributed by atoms with van der Waals surface area (Å²) in [7, 11) is 0. The highest BCUT2D eigenvalue weighted by molar-refractivity contribution is 5.67. The lowest BCUT2D eigenvalue weighted by Gasteiger charge is -2.41. The van der Waals surface area contributed by atoms with Crippen molar-refractivity contribution in [2.75, 3.05) is 13.1 Å². The predicted molar refractivity (Wildman–Crippen MR) is 106 cm³/mol. The zero-order valence-electron chi connectivity index (χ0n) is 17.0. The van der Waals surface area contributed by atoms with Crippen molar-refractivity contribution in [3.63, 3.8) is 0 Å². The number of carboxylic acid groups (broad SMARTS) is 1. The minimum atomic E-state index is -4.32. The number of alkyl halides is 3. The van der Waals surface area contributed by atoms with Crippen LogP contribution in [-0.4, -0.2) is 29.1 Å². The second-order valence-corrected chi connectivity index (χ2v) is 8.95. The van der Waals surface area contributed by atoms with Gasteiger partial charge in [0.05, 0.1) is 5.56 Å². The summed E-state index contributed by atoms with van der Waals surface area (Å²) >= 11 is 0. The molecular formula is C23H32F3NO2. The van der Waals surface area contributed by atoms with Crippen LogP contribution in [0.5, 0.6) is 0 Å². The Morgan fingerprint density at radius 2 is 1.59 bits per heavy atom. The van der Waals surface area contributed by atoms with Crippen molar-refractivity contribution in [1.82, 2.24) is 4.90 Å². The number of halogens is 3. The van der Waals surface area contributed by atoms with Crippen molar-refractivity contribution in [2.24, 2.45) is 17.8 Å². The van der Waals surface area contributed by atoms with Crippen LogP contribution in [0.3, 0.4) is 0 Å². The average Bonchev–Trinajstić information content (AvgIpc) is 2.60. The van der Waals surface area contributed by atoms with Crippen molar-refractivity contribution in [2.45, 2.75) is 70.5 Å². The second-order valence-electron chi connectivity index (χ2n) is 8.95. The number of hydrogen-bond donors (Lipinski definition) is 1. The Kier molecular flexibility index (Phi) is 7.60. The normalized spacial score (nSPS) is 25.3. The first-order valence-electron chi connectivity index (χ1n) is 10.9. The summed E-state index contributed by atoms with van der Waals surface area (Å²) < 4.78 is 38.4.